The van der Waals surface area contributed by atoms with Crippen molar-refractivity contribution >= 4 is 26.9 Å². The molecule has 0 aliphatic rings. The van der Waals surface area contributed by atoms with E-state index in [0.717, 1.165) is 5.56 Å². The molecule has 1 unspecified atom stereocenters. The molecule has 0 saturated heterocycles. The first-order valence-corrected chi connectivity index (χ1v) is 5.33. The molecular weight excluding hydrogens is 230 g/mol. The van der Waals surface area contributed by atoms with Crippen molar-refractivity contribution in [2.24, 2.45) is 0 Å². The summed E-state index contributed by atoms with van der Waals surface area (Å²) in [7, 11) is -0.964. The first-order valence-electron chi connectivity index (χ1n) is 2.98. The van der Waals surface area contributed by atoms with Crippen LogP contribution in [0.15, 0.2) is 21.4 Å². The lowest BCUT2D eigenvalue weighted by Crippen LogP contribution is -2.14. The van der Waals surface area contributed by atoms with Gasteiger partial charge in [-0.2, -0.15) is 0 Å². The molecule has 1 aromatic rings. The van der Waals surface area contributed by atoms with Gasteiger partial charge in [0.1, 0.15) is 0 Å². The van der Waals surface area contributed by atoms with Gasteiger partial charge in [-0.3, -0.25) is 0 Å². The van der Waals surface area contributed by atoms with Gasteiger partial charge in [0.15, 0.2) is 4.67 Å². The largest absolute Gasteiger partial charge is 0.457 e. The Morgan fingerprint density at radius 1 is 1.82 bits per heavy atom. The van der Waals surface area contributed by atoms with Crippen LogP contribution in [0, 0.1) is 0 Å². The highest BCUT2D eigenvalue weighted by Gasteiger charge is 1.98. The lowest BCUT2D eigenvalue weighted by atomic mass is 10.4. The lowest BCUT2D eigenvalue weighted by molar-refractivity contribution is 0.538. The van der Waals surface area contributed by atoms with Crippen LogP contribution in [0.25, 0.3) is 0 Å². The van der Waals surface area contributed by atoms with Crippen LogP contribution >= 0.6 is 15.9 Å². The van der Waals surface area contributed by atoms with Gasteiger partial charge in [0.05, 0.1) is 17.2 Å². The summed E-state index contributed by atoms with van der Waals surface area (Å²) in [6.45, 7) is 0.568. The van der Waals surface area contributed by atoms with Gasteiger partial charge >= 0.3 is 0 Å². The Bertz CT molecular complexity index is 261. The van der Waals surface area contributed by atoms with Crippen LogP contribution in [0.3, 0.4) is 0 Å². The van der Waals surface area contributed by atoms with Crippen LogP contribution in [0.1, 0.15) is 5.56 Å². The second-order valence-electron chi connectivity index (χ2n) is 2.03. The molecule has 3 nitrogen and oxygen atoms in total. The molecule has 0 saturated carbocycles. The van der Waals surface area contributed by atoms with E-state index < -0.39 is 11.0 Å². The van der Waals surface area contributed by atoms with Crippen molar-refractivity contribution in [3.8, 4) is 0 Å². The van der Waals surface area contributed by atoms with Gasteiger partial charge in [0, 0.05) is 18.4 Å². The molecule has 1 aromatic heterocycles. The Morgan fingerprint density at radius 2 is 2.55 bits per heavy atom. The smallest absolute Gasteiger partial charge is 0.169 e. The summed E-state index contributed by atoms with van der Waals surface area (Å²) in [5.74, 6) is 0. The van der Waals surface area contributed by atoms with Gasteiger partial charge in [0.2, 0.25) is 0 Å². The molecule has 1 atom stereocenters. The molecule has 0 aliphatic heterocycles. The molecule has 1 rings (SSSR count). The highest BCUT2D eigenvalue weighted by Crippen LogP contribution is 2.13. The molecule has 0 aliphatic carbocycles. The number of hydrogen-bond acceptors (Lipinski definition) is 2. The van der Waals surface area contributed by atoms with Gasteiger partial charge < -0.3 is 4.42 Å². The summed E-state index contributed by atoms with van der Waals surface area (Å²) in [4.78, 5) is 0. The number of halogens is 1. The average molecular weight is 238 g/mol. The van der Waals surface area contributed by atoms with E-state index in [4.69, 9.17) is 4.42 Å². The van der Waals surface area contributed by atoms with Crippen LogP contribution in [-0.4, -0.2) is 10.5 Å². The summed E-state index contributed by atoms with van der Waals surface area (Å²) in [5.41, 5.74) is 0.979. The van der Waals surface area contributed by atoms with Gasteiger partial charge in [0.25, 0.3) is 0 Å². The van der Waals surface area contributed by atoms with Crippen LogP contribution in [-0.2, 0) is 17.5 Å². The molecule has 0 fully saturated rings. The van der Waals surface area contributed by atoms with E-state index >= 15 is 0 Å². The third-order valence-electron chi connectivity index (χ3n) is 1.10. The summed E-state index contributed by atoms with van der Waals surface area (Å²) < 4.78 is 19.0. The van der Waals surface area contributed by atoms with Crippen molar-refractivity contribution < 1.29 is 8.63 Å². The van der Waals surface area contributed by atoms with E-state index in [0.29, 0.717) is 11.2 Å². The molecule has 62 valence electrons. The van der Waals surface area contributed by atoms with Crippen molar-refractivity contribution in [3.05, 3.63) is 22.6 Å². The van der Waals surface area contributed by atoms with Gasteiger partial charge in [-0.15, -0.1) is 0 Å². The van der Waals surface area contributed by atoms with Gasteiger partial charge in [-0.25, -0.2) is 8.93 Å². The predicted molar refractivity (Wildman–Crippen MR) is 47.3 cm³/mol. The number of furan rings is 1. The first kappa shape index (κ1) is 8.96. The Balaban J connectivity index is 2.45. The van der Waals surface area contributed by atoms with Crippen molar-refractivity contribution in [2.45, 2.75) is 6.54 Å². The Morgan fingerprint density at radius 3 is 3.00 bits per heavy atom. The number of hydrogen-bond donors (Lipinski definition) is 1. The van der Waals surface area contributed by atoms with Crippen LogP contribution in [0.2, 0.25) is 0 Å². The quantitative estimate of drug-likeness (QED) is 0.865. The van der Waals surface area contributed by atoms with Crippen LogP contribution < -0.4 is 4.72 Å². The molecule has 1 N–H and O–H groups in total. The summed E-state index contributed by atoms with van der Waals surface area (Å²) >= 11 is 3.17. The predicted octanol–water partition coefficient (Wildman–Crippen LogP) is 1.43. The standard InChI is InChI=1S/C6H8BrNO2S/c1-11(9)8-3-5-2-6(7)10-4-5/h2,4,8H,3H2,1H3. The Kier molecular flexibility index (Phi) is 3.29. The topological polar surface area (TPSA) is 42.2 Å². The van der Waals surface area contributed by atoms with E-state index in [1.165, 1.54) is 0 Å². The maximum atomic E-state index is 10.6. The van der Waals surface area contributed by atoms with E-state index in [9.17, 15) is 4.21 Å². The van der Waals surface area contributed by atoms with Crippen molar-refractivity contribution in [3.63, 3.8) is 0 Å². The normalized spacial score (nSPS) is 13.3. The second kappa shape index (κ2) is 4.04. The third-order valence-corrected chi connectivity index (χ3v) is 2.07. The molecule has 0 bridgehead atoms. The highest BCUT2D eigenvalue weighted by atomic mass is 79.9. The van der Waals surface area contributed by atoms with Crippen LogP contribution in [0.4, 0.5) is 0 Å². The molecular formula is C6H8BrNO2S. The maximum Gasteiger partial charge on any atom is 0.169 e. The number of rotatable bonds is 3. The fourth-order valence-corrected chi connectivity index (χ4v) is 1.38. The SMILES string of the molecule is CS(=O)NCc1coc(Br)c1. The van der Waals surface area contributed by atoms with E-state index in [1.54, 1.807) is 12.5 Å². The van der Waals surface area contributed by atoms with Gasteiger partial charge in [-0.05, 0) is 22.0 Å². The zero-order chi connectivity index (χ0) is 8.27. The molecule has 5 heteroatoms. The van der Waals surface area contributed by atoms with Gasteiger partial charge in [-0.1, -0.05) is 0 Å². The fraction of sp³-hybridized carbons (Fsp3) is 0.333. The highest BCUT2D eigenvalue weighted by molar-refractivity contribution is 9.10. The second-order valence-corrected chi connectivity index (χ2v) is 4.01. The van der Waals surface area contributed by atoms with E-state index in [1.807, 2.05) is 6.07 Å². The summed E-state index contributed by atoms with van der Waals surface area (Å²) in [6, 6.07) is 1.83. The molecule has 0 aromatic carbocycles. The minimum Gasteiger partial charge on any atom is -0.457 e. The summed E-state index contributed by atoms with van der Waals surface area (Å²) in [6.07, 6.45) is 3.21. The molecule has 0 spiro atoms. The lowest BCUT2D eigenvalue weighted by Gasteiger charge is -1.94. The van der Waals surface area contributed by atoms with Crippen molar-refractivity contribution in [1.82, 2.24) is 4.72 Å². The zero-order valence-electron chi connectivity index (χ0n) is 5.96. The van der Waals surface area contributed by atoms with E-state index in [2.05, 4.69) is 20.7 Å². The Labute approximate surface area is 75.9 Å². The van der Waals surface area contributed by atoms with Crippen molar-refractivity contribution in [1.29, 1.82) is 0 Å². The third kappa shape index (κ3) is 3.18. The molecule has 11 heavy (non-hydrogen) atoms. The number of nitrogens with one attached hydrogen (secondary N) is 1. The van der Waals surface area contributed by atoms with E-state index in [-0.39, 0.29) is 0 Å². The van der Waals surface area contributed by atoms with Crippen LogP contribution in [0.5, 0.6) is 0 Å². The Hall–Kier alpha value is -0.130. The minimum absolute atomic E-state index is 0.568. The first-order chi connectivity index (χ1) is 5.18. The zero-order valence-corrected chi connectivity index (χ0v) is 8.37. The maximum absolute atomic E-state index is 10.6. The molecule has 0 amide bonds. The average Bonchev–Trinajstić information content (AvgIpc) is 2.31. The monoisotopic (exact) mass is 237 g/mol. The molecule has 0 radical (unpaired) electrons. The van der Waals surface area contributed by atoms with Crippen molar-refractivity contribution in [2.75, 3.05) is 6.26 Å². The minimum atomic E-state index is -0.964. The summed E-state index contributed by atoms with van der Waals surface area (Å²) in [5, 5.41) is 0. The molecule has 1 heterocycles. The fourth-order valence-electron chi connectivity index (χ4n) is 0.623.